The second-order valence-corrected chi connectivity index (χ2v) is 10.0. The van der Waals surface area contributed by atoms with Crippen LogP contribution in [0.1, 0.15) is 48.7 Å². The summed E-state index contributed by atoms with van der Waals surface area (Å²) in [6.45, 7) is 6.01. The van der Waals surface area contributed by atoms with E-state index in [1.807, 2.05) is 51.1 Å². The summed E-state index contributed by atoms with van der Waals surface area (Å²) in [5.74, 6) is 0.426. The molecular formula is C27H24BrClN4O4. The first-order valence-electron chi connectivity index (χ1n) is 11.6. The van der Waals surface area contributed by atoms with E-state index in [2.05, 4.69) is 21.0 Å². The first-order valence-corrected chi connectivity index (χ1v) is 12.8. The van der Waals surface area contributed by atoms with E-state index >= 15 is 0 Å². The van der Waals surface area contributed by atoms with Gasteiger partial charge in [0.2, 0.25) is 5.75 Å². The molecule has 0 bridgehead atoms. The van der Waals surface area contributed by atoms with Crippen molar-refractivity contribution in [2.45, 2.75) is 39.7 Å². The number of nitrogens with zero attached hydrogens (tertiary/aromatic N) is 4. The monoisotopic (exact) mass is 582 g/mol. The number of fused-ring (bicyclic) bond motifs is 1. The molecule has 0 N–H and O–H groups in total. The summed E-state index contributed by atoms with van der Waals surface area (Å²) in [6.07, 6.45) is 2.08. The van der Waals surface area contributed by atoms with E-state index in [0.717, 1.165) is 22.0 Å². The summed E-state index contributed by atoms with van der Waals surface area (Å²) >= 11 is 9.61. The fourth-order valence-electron chi connectivity index (χ4n) is 3.85. The quantitative estimate of drug-likeness (QED) is 0.126. The number of nitro groups is 1. The van der Waals surface area contributed by atoms with Crippen LogP contribution in [-0.4, -0.2) is 20.8 Å². The second kappa shape index (κ2) is 11.2. The minimum absolute atomic E-state index is 0.00860. The van der Waals surface area contributed by atoms with E-state index < -0.39 is 4.92 Å². The van der Waals surface area contributed by atoms with Crippen molar-refractivity contribution in [3.05, 3.63) is 107 Å². The summed E-state index contributed by atoms with van der Waals surface area (Å²) in [5, 5.41) is 16.8. The molecule has 0 unspecified atom stereocenters. The predicted molar refractivity (Wildman–Crippen MR) is 149 cm³/mol. The zero-order chi connectivity index (χ0) is 26.7. The molecule has 1 aromatic heterocycles. The summed E-state index contributed by atoms with van der Waals surface area (Å²) in [6, 6.07) is 15.7. The lowest BCUT2D eigenvalue weighted by Gasteiger charge is -2.14. The van der Waals surface area contributed by atoms with Gasteiger partial charge in [-0.25, -0.2) is 4.98 Å². The molecule has 3 aromatic carbocycles. The van der Waals surface area contributed by atoms with Gasteiger partial charge < -0.3 is 4.74 Å². The van der Waals surface area contributed by atoms with E-state index in [-0.39, 0.29) is 40.1 Å². The highest BCUT2D eigenvalue weighted by atomic mass is 79.9. The number of aromatic nitrogens is 2. The van der Waals surface area contributed by atoms with Gasteiger partial charge in [0.05, 0.1) is 22.0 Å². The number of nitro benzene ring substituents is 1. The zero-order valence-corrected chi connectivity index (χ0v) is 22.8. The number of benzene rings is 3. The smallest absolute Gasteiger partial charge is 0.313 e. The van der Waals surface area contributed by atoms with Crippen molar-refractivity contribution in [2.75, 3.05) is 0 Å². The molecule has 0 saturated heterocycles. The number of hydrogen-bond donors (Lipinski definition) is 0. The molecule has 10 heteroatoms. The Bertz CT molecular complexity index is 1590. The molecule has 4 aromatic rings. The Balaban J connectivity index is 1.84. The van der Waals surface area contributed by atoms with Gasteiger partial charge in [-0.1, -0.05) is 71.2 Å². The molecule has 1 atom stereocenters. The van der Waals surface area contributed by atoms with Gasteiger partial charge in [-0.2, -0.15) is 9.78 Å². The van der Waals surface area contributed by atoms with Gasteiger partial charge in [0, 0.05) is 27.0 Å². The molecular weight excluding hydrogens is 560 g/mol. The van der Waals surface area contributed by atoms with E-state index in [0.29, 0.717) is 16.7 Å². The molecule has 0 radical (unpaired) electrons. The number of hydrogen-bond acceptors (Lipinski definition) is 6. The third-order valence-corrected chi connectivity index (χ3v) is 6.64. The van der Waals surface area contributed by atoms with Gasteiger partial charge in [0.15, 0.2) is 0 Å². The van der Waals surface area contributed by atoms with Crippen LogP contribution in [0.4, 0.5) is 5.69 Å². The standard InChI is InChI=1S/C27H24BrClN4O4/c1-4-17(3)26-31-23-9-8-20(28)12-22(23)27(34)32(26)30-14-19-11-21(29)13-24(33(35)36)25(19)37-15-18-7-5-6-16(2)10-18/h5-14,17H,4,15H2,1-3H3/t17-/m1/s1. The van der Waals surface area contributed by atoms with E-state index in [1.54, 1.807) is 12.1 Å². The van der Waals surface area contributed by atoms with Crippen LogP contribution in [0.3, 0.4) is 0 Å². The van der Waals surface area contributed by atoms with Crippen LogP contribution in [0, 0.1) is 17.0 Å². The normalized spacial score (nSPS) is 12.2. The molecule has 190 valence electrons. The lowest BCUT2D eigenvalue weighted by Crippen LogP contribution is -2.23. The Labute approximate surface area is 226 Å². The molecule has 0 aliphatic carbocycles. The van der Waals surface area contributed by atoms with Crippen molar-refractivity contribution in [2.24, 2.45) is 5.10 Å². The highest BCUT2D eigenvalue weighted by molar-refractivity contribution is 9.10. The molecule has 0 amide bonds. The van der Waals surface area contributed by atoms with Gasteiger partial charge >= 0.3 is 5.69 Å². The maximum atomic E-state index is 13.4. The Morgan fingerprint density at radius 2 is 2.03 bits per heavy atom. The average molecular weight is 584 g/mol. The largest absolute Gasteiger partial charge is 0.481 e. The molecule has 8 nitrogen and oxygen atoms in total. The Morgan fingerprint density at radius 3 is 2.73 bits per heavy atom. The lowest BCUT2D eigenvalue weighted by molar-refractivity contribution is -0.385. The Hall–Kier alpha value is -3.56. The van der Waals surface area contributed by atoms with Crippen molar-refractivity contribution in [1.29, 1.82) is 0 Å². The SMILES string of the molecule is CC[C@@H](C)c1nc2ccc(Br)cc2c(=O)n1N=Cc1cc(Cl)cc([N+](=O)[O-])c1OCc1cccc(C)c1. The summed E-state index contributed by atoms with van der Waals surface area (Å²) in [7, 11) is 0. The highest BCUT2D eigenvalue weighted by Gasteiger charge is 2.22. The third kappa shape index (κ3) is 5.89. The van der Waals surface area contributed by atoms with Crippen molar-refractivity contribution in [3.63, 3.8) is 0 Å². The third-order valence-electron chi connectivity index (χ3n) is 5.92. The van der Waals surface area contributed by atoms with Crippen molar-refractivity contribution in [3.8, 4) is 5.75 Å². The topological polar surface area (TPSA) is 99.6 Å². The number of aryl methyl sites for hydroxylation is 1. The number of halogens is 2. The minimum Gasteiger partial charge on any atom is -0.481 e. The molecule has 4 rings (SSSR count). The van der Waals surface area contributed by atoms with Crippen LogP contribution in [0.2, 0.25) is 5.02 Å². The lowest BCUT2D eigenvalue weighted by atomic mass is 10.1. The van der Waals surface area contributed by atoms with Gasteiger partial charge in [-0.3, -0.25) is 14.9 Å². The average Bonchev–Trinajstić information content (AvgIpc) is 2.86. The van der Waals surface area contributed by atoms with Crippen LogP contribution in [0.15, 0.2) is 69.0 Å². The van der Waals surface area contributed by atoms with E-state index in [4.69, 9.17) is 21.3 Å². The van der Waals surface area contributed by atoms with Gasteiger partial charge in [-0.15, -0.1) is 0 Å². The second-order valence-electron chi connectivity index (χ2n) is 8.68. The van der Waals surface area contributed by atoms with Crippen molar-refractivity contribution < 1.29 is 9.66 Å². The maximum absolute atomic E-state index is 13.4. The molecule has 37 heavy (non-hydrogen) atoms. The Kier molecular flexibility index (Phi) is 8.04. The van der Waals surface area contributed by atoms with Crippen LogP contribution < -0.4 is 10.3 Å². The van der Waals surface area contributed by atoms with Crippen molar-refractivity contribution in [1.82, 2.24) is 9.66 Å². The summed E-state index contributed by atoms with van der Waals surface area (Å²) < 4.78 is 7.90. The maximum Gasteiger partial charge on any atom is 0.313 e. The number of rotatable bonds is 8. The molecule has 0 aliphatic rings. The minimum atomic E-state index is -0.555. The van der Waals surface area contributed by atoms with Crippen LogP contribution in [0.5, 0.6) is 5.75 Å². The van der Waals surface area contributed by atoms with Gasteiger partial charge in [-0.05, 0) is 43.2 Å². The number of ether oxygens (including phenoxy) is 1. The van der Waals surface area contributed by atoms with Gasteiger partial charge in [0.25, 0.3) is 5.56 Å². The zero-order valence-electron chi connectivity index (χ0n) is 20.4. The fraction of sp³-hybridized carbons (Fsp3) is 0.222. The molecule has 1 heterocycles. The van der Waals surface area contributed by atoms with Crippen LogP contribution in [0.25, 0.3) is 10.9 Å². The first-order chi connectivity index (χ1) is 17.7. The Morgan fingerprint density at radius 1 is 1.24 bits per heavy atom. The fourth-order valence-corrected chi connectivity index (χ4v) is 4.43. The molecule has 0 fully saturated rings. The molecule has 0 saturated carbocycles. The highest BCUT2D eigenvalue weighted by Crippen LogP contribution is 2.34. The van der Waals surface area contributed by atoms with Crippen LogP contribution in [-0.2, 0) is 6.61 Å². The summed E-state index contributed by atoms with van der Waals surface area (Å²) in [5.41, 5.74) is 2.08. The molecule has 0 spiro atoms. The van der Waals surface area contributed by atoms with E-state index in [9.17, 15) is 14.9 Å². The van der Waals surface area contributed by atoms with E-state index in [1.165, 1.54) is 23.0 Å². The van der Waals surface area contributed by atoms with Crippen LogP contribution >= 0.6 is 27.5 Å². The first kappa shape index (κ1) is 26.5. The predicted octanol–water partition coefficient (Wildman–Crippen LogP) is 7.00. The molecule has 0 aliphatic heterocycles. The van der Waals surface area contributed by atoms with Crippen molar-refractivity contribution >= 4 is 50.3 Å². The summed E-state index contributed by atoms with van der Waals surface area (Å²) in [4.78, 5) is 29.4. The van der Waals surface area contributed by atoms with Gasteiger partial charge in [0.1, 0.15) is 12.4 Å².